The Balaban J connectivity index is 2.14. The van der Waals surface area contributed by atoms with Crippen LogP contribution in [0.3, 0.4) is 0 Å². The largest absolute Gasteiger partial charge is 0.507 e. The predicted octanol–water partition coefficient (Wildman–Crippen LogP) is 2.13. The molecule has 2 aromatic rings. The van der Waals surface area contributed by atoms with Gasteiger partial charge in [0.25, 0.3) is 5.91 Å². The van der Waals surface area contributed by atoms with Crippen molar-refractivity contribution in [2.75, 3.05) is 14.1 Å². The molecule has 0 spiro atoms. The molecular formula is C17H19N3O3. The highest BCUT2D eigenvalue weighted by Gasteiger charge is 2.12. The number of nitrogens with zero attached hydrogens (tertiary/aromatic N) is 2. The smallest absolute Gasteiger partial charge is 0.275 e. The molecule has 0 saturated heterocycles. The highest BCUT2D eigenvalue weighted by Crippen LogP contribution is 2.24. The van der Waals surface area contributed by atoms with Crippen molar-refractivity contribution in [1.29, 1.82) is 0 Å². The third kappa shape index (κ3) is 4.06. The first-order valence-corrected chi connectivity index (χ1v) is 7.14. The molecule has 2 aromatic carbocycles. The van der Waals surface area contributed by atoms with Gasteiger partial charge in [0.05, 0.1) is 12.0 Å². The predicted molar refractivity (Wildman–Crippen MR) is 89.5 cm³/mol. The number of hydrogen-bond donors (Lipinski definition) is 2. The van der Waals surface area contributed by atoms with E-state index in [2.05, 4.69) is 10.5 Å². The van der Waals surface area contributed by atoms with Crippen LogP contribution in [0, 0.1) is 0 Å². The number of hydrazone groups is 1. The summed E-state index contributed by atoms with van der Waals surface area (Å²) < 4.78 is 0. The van der Waals surface area contributed by atoms with Crippen molar-refractivity contribution in [3.8, 4) is 5.75 Å². The molecule has 0 unspecified atom stereocenters. The van der Waals surface area contributed by atoms with E-state index in [1.54, 1.807) is 27.1 Å². The molecule has 120 valence electrons. The fraction of sp³-hybridized carbons (Fsp3) is 0.235. The minimum atomic E-state index is -0.523. The number of rotatable bonds is 4. The normalized spacial score (nSPS) is 11.3. The Morgan fingerprint density at radius 3 is 2.39 bits per heavy atom. The molecule has 0 aliphatic rings. The number of phenolic OH excluding ortho intramolecular Hbond substituents is 1. The summed E-state index contributed by atoms with van der Waals surface area (Å²) in [7, 11) is 3.31. The molecule has 0 heterocycles. The van der Waals surface area contributed by atoms with Crippen LogP contribution in [0.2, 0.25) is 0 Å². The number of nitrogens with one attached hydrogen (secondary N) is 1. The van der Waals surface area contributed by atoms with Crippen LogP contribution in [0.5, 0.6) is 5.75 Å². The first-order chi connectivity index (χ1) is 10.9. The zero-order valence-corrected chi connectivity index (χ0v) is 13.3. The molecule has 0 saturated carbocycles. The van der Waals surface area contributed by atoms with Gasteiger partial charge in [0.2, 0.25) is 5.91 Å². The molecule has 2 N–H and O–H groups in total. The van der Waals surface area contributed by atoms with Gasteiger partial charge in [-0.25, -0.2) is 5.43 Å². The Bertz CT molecular complexity index is 782. The number of carbonyl (C=O) groups is 2. The van der Waals surface area contributed by atoms with Gasteiger partial charge in [-0.15, -0.1) is 0 Å². The number of hydrogen-bond acceptors (Lipinski definition) is 4. The Kier molecular flexibility index (Phi) is 4.95. The van der Waals surface area contributed by atoms with Crippen molar-refractivity contribution < 1.29 is 14.7 Å². The van der Waals surface area contributed by atoms with Gasteiger partial charge in [-0.2, -0.15) is 5.10 Å². The lowest BCUT2D eigenvalue weighted by Crippen LogP contribution is -2.25. The van der Waals surface area contributed by atoms with Crippen LogP contribution in [-0.4, -0.2) is 41.6 Å². The van der Waals surface area contributed by atoms with E-state index in [4.69, 9.17) is 0 Å². The quantitative estimate of drug-likeness (QED) is 0.670. The van der Waals surface area contributed by atoms with Gasteiger partial charge < -0.3 is 10.0 Å². The molecule has 6 heteroatoms. The van der Waals surface area contributed by atoms with E-state index in [1.165, 1.54) is 11.0 Å². The monoisotopic (exact) mass is 313 g/mol. The molecule has 23 heavy (non-hydrogen) atoms. The lowest BCUT2D eigenvalue weighted by Gasteiger charge is -2.10. The molecule has 0 radical (unpaired) electrons. The minimum Gasteiger partial charge on any atom is -0.507 e. The topological polar surface area (TPSA) is 82.0 Å². The molecule has 0 aliphatic heterocycles. The van der Waals surface area contributed by atoms with E-state index in [-0.39, 0.29) is 23.6 Å². The lowest BCUT2D eigenvalue weighted by atomic mass is 10.1. The fourth-order valence-electron chi connectivity index (χ4n) is 2.03. The molecular weight excluding hydrogens is 294 g/mol. The summed E-state index contributed by atoms with van der Waals surface area (Å²) in [6.07, 6.45) is 0.122. The van der Waals surface area contributed by atoms with Gasteiger partial charge in [0, 0.05) is 19.8 Å². The van der Waals surface area contributed by atoms with Gasteiger partial charge >= 0.3 is 0 Å². The lowest BCUT2D eigenvalue weighted by molar-refractivity contribution is -0.127. The summed E-state index contributed by atoms with van der Waals surface area (Å²) in [4.78, 5) is 25.2. The molecule has 0 fully saturated rings. The van der Waals surface area contributed by atoms with Gasteiger partial charge in [-0.3, -0.25) is 9.59 Å². The Labute approximate surface area is 134 Å². The zero-order valence-electron chi connectivity index (χ0n) is 13.3. The van der Waals surface area contributed by atoms with E-state index in [1.807, 2.05) is 24.3 Å². The second-order valence-corrected chi connectivity index (χ2v) is 5.47. The second-order valence-electron chi connectivity index (χ2n) is 5.47. The van der Waals surface area contributed by atoms with Crippen LogP contribution in [0.4, 0.5) is 0 Å². The maximum Gasteiger partial charge on any atom is 0.275 e. The number of aromatic hydroxyl groups is 1. The number of carbonyl (C=O) groups excluding carboxylic acids is 2. The Morgan fingerprint density at radius 1 is 1.17 bits per heavy atom. The van der Waals surface area contributed by atoms with Crippen molar-refractivity contribution >= 4 is 28.3 Å². The molecule has 0 aliphatic carbocycles. The van der Waals surface area contributed by atoms with Gasteiger partial charge in [-0.1, -0.05) is 24.3 Å². The first-order valence-electron chi connectivity index (χ1n) is 7.14. The van der Waals surface area contributed by atoms with Gasteiger partial charge in [0.15, 0.2) is 0 Å². The average Bonchev–Trinajstić information content (AvgIpc) is 2.51. The van der Waals surface area contributed by atoms with Crippen LogP contribution in [-0.2, 0) is 4.79 Å². The number of amides is 2. The van der Waals surface area contributed by atoms with E-state index < -0.39 is 5.91 Å². The summed E-state index contributed by atoms with van der Waals surface area (Å²) in [5, 5.41) is 15.6. The van der Waals surface area contributed by atoms with Crippen LogP contribution < -0.4 is 5.43 Å². The summed E-state index contributed by atoms with van der Waals surface area (Å²) in [5.74, 6) is -0.739. The molecule has 2 amide bonds. The molecule has 6 nitrogen and oxygen atoms in total. The van der Waals surface area contributed by atoms with Crippen molar-refractivity contribution in [2.45, 2.75) is 13.3 Å². The summed E-state index contributed by atoms with van der Waals surface area (Å²) >= 11 is 0. The van der Waals surface area contributed by atoms with Crippen molar-refractivity contribution in [2.24, 2.45) is 5.10 Å². The van der Waals surface area contributed by atoms with Crippen molar-refractivity contribution in [3.63, 3.8) is 0 Å². The molecule has 2 rings (SSSR count). The Morgan fingerprint density at radius 2 is 1.78 bits per heavy atom. The standard InChI is InChI=1S/C17H19N3O3/c1-11(8-16(22)20(2)3)18-19-17(23)14-9-12-6-4-5-7-13(12)10-15(14)21/h4-7,9-10,21H,8H2,1-3H3,(H,19,23). The van der Waals surface area contributed by atoms with E-state index in [9.17, 15) is 14.7 Å². The number of fused-ring (bicyclic) bond motifs is 1. The first kappa shape index (κ1) is 16.5. The third-order valence-corrected chi connectivity index (χ3v) is 3.36. The van der Waals surface area contributed by atoms with Crippen LogP contribution in [0.25, 0.3) is 10.8 Å². The van der Waals surface area contributed by atoms with Gasteiger partial charge in [-0.05, 0) is 29.8 Å². The summed E-state index contributed by atoms with van der Waals surface area (Å²) in [6.45, 7) is 1.65. The van der Waals surface area contributed by atoms with Crippen molar-refractivity contribution in [1.82, 2.24) is 10.3 Å². The molecule has 0 atom stereocenters. The Hall–Kier alpha value is -2.89. The fourth-order valence-corrected chi connectivity index (χ4v) is 2.03. The number of benzene rings is 2. The molecule has 0 aromatic heterocycles. The van der Waals surface area contributed by atoms with E-state index in [0.717, 1.165) is 10.8 Å². The summed E-state index contributed by atoms with van der Waals surface area (Å²) in [5.41, 5.74) is 2.99. The van der Waals surface area contributed by atoms with E-state index in [0.29, 0.717) is 5.71 Å². The van der Waals surface area contributed by atoms with Crippen LogP contribution >= 0.6 is 0 Å². The highest BCUT2D eigenvalue weighted by molar-refractivity contribution is 6.03. The molecule has 0 bridgehead atoms. The SMILES string of the molecule is CC(CC(=O)N(C)C)=NNC(=O)c1cc2ccccc2cc1O. The summed E-state index contributed by atoms with van der Waals surface area (Å²) in [6, 6.07) is 10.6. The van der Waals surface area contributed by atoms with Gasteiger partial charge in [0.1, 0.15) is 5.75 Å². The third-order valence-electron chi connectivity index (χ3n) is 3.36. The number of phenols is 1. The second kappa shape index (κ2) is 6.91. The maximum atomic E-state index is 12.2. The maximum absolute atomic E-state index is 12.2. The highest BCUT2D eigenvalue weighted by atomic mass is 16.3. The average molecular weight is 313 g/mol. The van der Waals surface area contributed by atoms with Crippen LogP contribution in [0.1, 0.15) is 23.7 Å². The van der Waals surface area contributed by atoms with E-state index >= 15 is 0 Å². The van der Waals surface area contributed by atoms with Crippen LogP contribution in [0.15, 0.2) is 41.5 Å². The minimum absolute atomic E-state index is 0.103. The zero-order chi connectivity index (χ0) is 17.0. The van der Waals surface area contributed by atoms with Crippen molar-refractivity contribution in [3.05, 3.63) is 42.0 Å².